The number of aryl methyl sites for hydroxylation is 1. The van der Waals surface area contributed by atoms with Crippen LogP contribution in [0, 0.1) is 6.92 Å². The number of likely N-dealkylation sites (N-methyl/N-ethyl adjacent to an activating group) is 1. The number of carbonyl (C=O) groups is 2. The maximum atomic E-state index is 12.6. The van der Waals surface area contributed by atoms with Crippen molar-refractivity contribution >= 4 is 29.4 Å². The number of ether oxygens (including phenoxy) is 1. The van der Waals surface area contributed by atoms with Crippen molar-refractivity contribution in [1.82, 2.24) is 9.88 Å². The van der Waals surface area contributed by atoms with Crippen molar-refractivity contribution in [3.8, 4) is 5.75 Å². The number of nitrogens with one attached hydrogen (secondary N) is 2. The largest absolute Gasteiger partial charge is 0.480 e. The monoisotopic (exact) mass is 392 g/mol. The summed E-state index contributed by atoms with van der Waals surface area (Å²) in [6.45, 7) is 5.76. The average Bonchev–Trinajstić information content (AvgIpc) is 3.05. The minimum atomic E-state index is -0.225. The normalized spacial score (nSPS) is 17.2. The molecular weight excluding hydrogens is 368 g/mol. The van der Waals surface area contributed by atoms with E-state index in [1.54, 1.807) is 30.3 Å². The Bertz CT molecular complexity index is 1020. The molecule has 1 atom stereocenters. The lowest BCUT2D eigenvalue weighted by molar-refractivity contribution is -0.125. The first-order valence-electron chi connectivity index (χ1n) is 9.64. The Labute approximate surface area is 169 Å². The molecule has 29 heavy (non-hydrogen) atoms. The predicted molar refractivity (Wildman–Crippen MR) is 112 cm³/mol. The van der Waals surface area contributed by atoms with E-state index in [2.05, 4.69) is 41.6 Å². The van der Waals surface area contributed by atoms with E-state index in [1.807, 2.05) is 0 Å². The minimum Gasteiger partial charge on any atom is -0.480 e. The minimum absolute atomic E-state index is 0.0300. The molecular formula is C22H24N4O3. The van der Waals surface area contributed by atoms with Crippen molar-refractivity contribution < 1.29 is 14.3 Å². The molecule has 7 heteroatoms. The third kappa shape index (κ3) is 3.94. The highest BCUT2D eigenvalue weighted by atomic mass is 16.5. The van der Waals surface area contributed by atoms with Gasteiger partial charge >= 0.3 is 0 Å². The fourth-order valence-electron chi connectivity index (χ4n) is 3.57. The summed E-state index contributed by atoms with van der Waals surface area (Å²) in [6, 6.07) is 6.13. The average molecular weight is 392 g/mol. The molecule has 150 valence electrons. The van der Waals surface area contributed by atoms with Crippen LogP contribution in [0.15, 0.2) is 30.5 Å². The quantitative estimate of drug-likeness (QED) is 0.782. The molecule has 2 aliphatic heterocycles. The number of pyridine rings is 1. The molecule has 7 nitrogen and oxygen atoms in total. The van der Waals surface area contributed by atoms with Crippen molar-refractivity contribution in [2.24, 2.45) is 0 Å². The topological polar surface area (TPSA) is 83.6 Å². The van der Waals surface area contributed by atoms with Crippen LogP contribution in [-0.2, 0) is 16.1 Å². The molecule has 1 aromatic carbocycles. The lowest BCUT2D eigenvalue weighted by Crippen LogP contribution is -2.26. The van der Waals surface area contributed by atoms with Crippen LogP contribution < -0.4 is 15.4 Å². The Morgan fingerprint density at radius 2 is 2.21 bits per heavy atom. The van der Waals surface area contributed by atoms with Gasteiger partial charge in [0.1, 0.15) is 0 Å². The van der Waals surface area contributed by atoms with Gasteiger partial charge in [-0.2, -0.15) is 0 Å². The molecule has 1 unspecified atom stereocenters. The van der Waals surface area contributed by atoms with Gasteiger partial charge in [-0.05, 0) is 47.4 Å². The van der Waals surface area contributed by atoms with Crippen LogP contribution in [-0.4, -0.2) is 41.9 Å². The number of carbonyl (C=O) groups excluding carboxylic acids is 2. The summed E-state index contributed by atoms with van der Waals surface area (Å²) in [5.74, 6) is 1.07. The van der Waals surface area contributed by atoms with E-state index < -0.39 is 0 Å². The third-order valence-corrected chi connectivity index (χ3v) is 5.33. The Balaban J connectivity index is 1.44. The summed E-state index contributed by atoms with van der Waals surface area (Å²) in [5, 5.41) is 6.07. The molecule has 1 aromatic heterocycles. The zero-order valence-corrected chi connectivity index (χ0v) is 16.8. The van der Waals surface area contributed by atoms with Gasteiger partial charge in [-0.3, -0.25) is 9.59 Å². The zero-order valence-electron chi connectivity index (χ0n) is 16.8. The Morgan fingerprint density at radius 1 is 1.38 bits per heavy atom. The Morgan fingerprint density at radius 3 is 3.03 bits per heavy atom. The van der Waals surface area contributed by atoms with E-state index >= 15 is 0 Å². The van der Waals surface area contributed by atoms with Gasteiger partial charge in [0.05, 0.1) is 0 Å². The molecule has 0 saturated carbocycles. The summed E-state index contributed by atoms with van der Waals surface area (Å²) in [7, 11) is 1.80. The van der Waals surface area contributed by atoms with Crippen LogP contribution in [0.4, 0.5) is 11.5 Å². The second kappa shape index (κ2) is 7.58. The predicted octanol–water partition coefficient (Wildman–Crippen LogP) is 2.92. The summed E-state index contributed by atoms with van der Waals surface area (Å²) < 4.78 is 5.36. The number of hydrogen-bond donors (Lipinski definition) is 2. The van der Waals surface area contributed by atoms with Crippen LogP contribution in [0.25, 0.3) is 6.08 Å². The second-order valence-electron chi connectivity index (χ2n) is 7.63. The van der Waals surface area contributed by atoms with E-state index in [0.717, 1.165) is 17.7 Å². The number of nitrogens with zero attached hydrogens (tertiary/aromatic N) is 2. The number of hydrogen-bond acceptors (Lipinski definition) is 5. The van der Waals surface area contributed by atoms with Gasteiger partial charge in [0.25, 0.3) is 5.91 Å². The molecule has 0 spiro atoms. The number of aromatic nitrogens is 1. The fourth-order valence-corrected chi connectivity index (χ4v) is 3.57. The lowest BCUT2D eigenvalue weighted by atomic mass is 9.97. The number of anilines is 2. The molecule has 4 rings (SSSR count). The molecule has 3 heterocycles. The smallest absolute Gasteiger partial charge is 0.263 e. The SMILES string of the molecule is Cc1cc2c(cc1CN(C)C(=O)/C=C/c1cnc3c(c1)OCC(=O)N3)C(C)CN2. The molecule has 0 bridgehead atoms. The van der Waals surface area contributed by atoms with Crippen molar-refractivity contribution in [3.05, 3.63) is 52.7 Å². The van der Waals surface area contributed by atoms with E-state index in [0.29, 0.717) is 24.0 Å². The maximum Gasteiger partial charge on any atom is 0.263 e. The molecule has 2 aliphatic rings. The van der Waals surface area contributed by atoms with Crippen molar-refractivity contribution in [3.63, 3.8) is 0 Å². The fraction of sp³-hybridized carbons (Fsp3) is 0.318. The van der Waals surface area contributed by atoms with E-state index in [4.69, 9.17) is 4.74 Å². The van der Waals surface area contributed by atoms with Gasteiger partial charge in [0.2, 0.25) is 5.91 Å². The Hall–Kier alpha value is -3.35. The van der Waals surface area contributed by atoms with Crippen molar-refractivity contribution in [1.29, 1.82) is 0 Å². The first kappa shape index (κ1) is 19.0. The molecule has 0 saturated heterocycles. The Kier molecular flexibility index (Phi) is 4.96. The van der Waals surface area contributed by atoms with E-state index in [1.165, 1.54) is 22.9 Å². The molecule has 2 N–H and O–H groups in total. The maximum absolute atomic E-state index is 12.6. The van der Waals surface area contributed by atoms with Gasteiger partial charge in [-0.15, -0.1) is 0 Å². The zero-order chi connectivity index (χ0) is 20.5. The number of amides is 2. The highest BCUT2D eigenvalue weighted by molar-refractivity contribution is 5.95. The molecule has 0 fully saturated rings. The van der Waals surface area contributed by atoms with Crippen LogP contribution in [0.2, 0.25) is 0 Å². The van der Waals surface area contributed by atoms with Gasteiger partial charge in [-0.25, -0.2) is 4.98 Å². The lowest BCUT2D eigenvalue weighted by Gasteiger charge is -2.18. The van der Waals surface area contributed by atoms with Gasteiger partial charge < -0.3 is 20.3 Å². The number of benzene rings is 1. The molecule has 0 radical (unpaired) electrons. The first-order chi connectivity index (χ1) is 13.9. The van der Waals surface area contributed by atoms with E-state index in [-0.39, 0.29) is 18.4 Å². The molecule has 2 aromatic rings. The number of fused-ring (bicyclic) bond motifs is 2. The summed E-state index contributed by atoms with van der Waals surface area (Å²) >= 11 is 0. The van der Waals surface area contributed by atoms with Gasteiger partial charge in [-0.1, -0.05) is 13.0 Å². The number of rotatable bonds is 4. The van der Waals surface area contributed by atoms with Gasteiger partial charge in [0.15, 0.2) is 18.2 Å². The highest BCUT2D eigenvalue weighted by Gasteiger charge is 2.20. The second-order valence-corrected chi connectivity index (χ2v) is 7.63. The highest BCUT2D eigenvalue weighted by Crippen LogP contribution is 2.33. The van der Waals surface area contributed by atoms with Crippen molar-refractivity contribution in [2.75, 3.05) is 30.8 Å². The molecule has 0 aliphatic carbocycles. The van der Waals surface area contributed by atoms with Crippen LogP contribution in [0.3, 0.4) is 0 Å². The summed E-state index contributed by atoms with van der Waals surface area (Å²) in [6.07, 6.45) is 4.82. The summed E-state index contributed by atoms with van der Waals surface area (Å²) in [5.41, 5.74) is 5.57. The molecule has 2 amide bonds. The van der Waals surface area contributed by atoms with Gasteiger partial charge in [0, 0.05) is 44.0 Å². The van der Waals surface area contributed by atoms with Crippen LogP contribution in [0.1, 0.15) is 35.1 Å². The van der Waals surface area contributed by atoms with Crippen molar-refractivity contribution in [2.45, 2.75) is 26.3 Å². The standard InChI is InChI=1S/C22H24N4O3/c1-13-6-18-17(14(2)9-23-18)8-16(13)11-26(3)21(28)5-4-15-7-19-22(24-10-15)25-20(27)12-29-19/h4-8,10,14,23H,9,11-12H2,1-3H3,(H,24,25,27)/b5-4+. The third-order valence-electron chi connectivity index (χ3n) is 5.33. The first-order valence-corrected chi connectivity index (χ1v) is 9.64. The van der Waals surface area contributed by atoms with E-state index in [9.17, 15) is 9.59 Å². The van der Waals surface area contributed by atoms with Crippen LogP contribution in [0.5, 0.6) is 5.75 Å². The van der Waals surface area contributed by atoms with Crippen LogP contribution >= 0.6 is 0 Å². The summed E-state index contributed by atoms with van der Waals surface area (Å²) in [4.78, 5) is 29.8.